The molecule has 3 aromatic rings. The topological polar surface area (TPSA) is 73.1 Å². The van der Waals surface area contributed by atoms with Crippen LogP contribution in [0.1, 0.15) is 25.3 Å². The number of hydrogen-bond acceptors (Lipinski definition) is 5. The quantitative estimate of drug-likeness (QED) is 0.558. The molecule has 3 rings (SSSR count). The number of nitrogens with two attached hydrogens (primary N) is 1. The van der Waals surface area contributed by atoms with Crippen molar-refractivity contribution >= 4 is 40.4 Å². The smallest absolute Gasteiger partial charge is 0.248 e. The molecule has 0 spiro atoms. The van der Waals surface area contributed by atoms with Crippen LogP contribution in [0.4, 0.5) is 17.2 Å². The SMILES string of the molecule is CC(C)c1ccc(Oc2ncnc(Nc3cccc(Cl)c3Cl)c2N)cc1. The summed E-state index contributed by atoms with van der Waals surface area (Å²) in [5.41, 5.74) is 8.25. The summed E-state index contributed by atoms with van der Waals surface area (Å²) in [5, 5.41) is 3.88. The lowest BCUT2D eigenvalue weighted by atomic mass is 10.0. The normalized spacial score (nSPS) is 10.8. The maximum absolute atomic E-state index is 6.20. The molecule has 5 nitrogen and oxygen atoms in total. The van der Waals surface area contributed by atoms with Crippen LogP contribution in [0.2, 0.25) is 10.0 Å². The number of nitrogen functional groups attached to an aromatic ring is 1. The zero-order valence-electron chi connectivity index (χ0n) is 14.3. The summed E-state index contributed by atoms with van der Waals surface area (Å²) in [7, 11) is 0. The van der Waals surface area contributed by atoms with Gasteiger partial charge < -0.3 is 15.8 Å². The van der Waals surface area contributed by atoms with Crippen molar-refractivity contribution in [2.24, 2.45) is 0 Å². The van der Waals surface area contributed by atoms with Gasteiger partial charge in [0.15, 0.2) is 5.82 Å². The Bertz CT molecular complexity index is 914. The Balaban J connectivity index is 1.84. The molecule has 0 aliphatic heterocycles. The Morgan fingerprint density at radius 1 is 1.04 bits per heavy atom. The van der Waals surface area contributed by atoms with Crippen LogP contribution in [0, 0.1) is 0 Å². The minimum absolute atomic E-state index is 0.262. The lowest BCUT2D eigenvalue weighted by molar-refractivity contribution is 0.464. The molecule has 1 aromatic heterocycles. The van der Waals surface area contributed by atoms with E-state index in [1.807, 2.05) is 24.3 Å². The Hall–Kier alpha value is -2.50. The predicted molar refractivity (Wildman–Crippen MR) is 107 cm³/mol. The fourth-order valence-electron chi connectivity index (χ4n) is 2.32. The minimum Gasteiger partial charge on any atom is -0.437 e. The number of nitrogens with zero attached hydrogens (tertiary/aromatic N) is 2. The summed E-state index contributed by atoms with van der Waals surface area (Å²) in [4.78, 5) is 8.27. The number of benzene rings is 2. The molecule has 0 amide bonds. The van der Waals surface area contributed by atoms with E-state index in [-0.39, 0.29) is 11.6 Å². The number of aromatic nitrogens is 2. The van der Waals surface area contributed by atoms with Crippen molar-refractivity contribution in [1.29, 1.82) is 0 Å². The largest absolute Gasteiger partial charge is 0.437 e. The fourth-order valence-corrected chi connectivity index (χ4v) is 2.67. The molecule has 2 aromatic carbocycles. The third-order valence-electron chi connectivity index (χ3n) is 3.81. The molecule has 0 atom stereocenters. The van der Waals surface area contributed by atoms with E-state index in [1.54, 1.807) is 18.2 Å². The molecule has 0 saturated heterocycles. The predicted octanol–water partition coefficient (Wildman–Crippen LogP) is 6.02. The second-order valence-electron chi connectivity index (χ2n) is 5.99. The van der Waals surface area contributed by atoms with Crippen molar-refractivity contribution < 1.29 is 4.74 Å². The van der Waals surface area contributed by atoms with Gasteiger partial charge in [-0.1, -0.05) is 55.2 Å². The zero-order chi connectivity index (χ0) is 18.7. The monoisotopic (exact) mass is 388 g/mol. The van der Waals surface area contributed by atoms with Gasteiger partial charge in [0, 0.05) is 0 Å². The average molecular weight is 389 g/mol. The first-order valence-corrected chi connectivity index (χ1v) is 8.80. The Morgan fingerprint density at radius 3 is 2.46 bits per heavy atom. The highest BCUT2D eigenvalue weighted by molar-refractivity contribution is 6.43. The van der Waals surface area contributed by atoms with Gasteiger partial charge in [-0.3, -0.25) is 0 Å². The van der Waals surface area contributed by atoms with Crippen LogP contribution in [0.25, 0.3) is 0 Å². The summed E-state index contributed by atoms with van der Waals surface area (Å²) < 4.78 is 5.80. The molecule has 26 heavy (non-hydrogen) atoms. The number of rotatable bonds is 5. The first-order valence-electron chi connectivity index (χ1n) is 8.05. The molecular formula is C19H18Cl2N4O. The number of ether oxygens (including phenoxy) is 1. The molecular weight excluding hydrogens is 371 g/mol. The number of halogens is 2. The van der Waals surface area contributed by atoms with Crippen molar-refractivity contribution in [2.75, 3.05) is 11.1 Å². The lowest BCUT2D eigenvalue weighted by Crippen LogP contribution is -2.03. The van der Waals surface area contributed by atoms with Crippen molar-refractivity contribution in [1.82, 2.24) is 9.97 Å². The van der Waals surface area contributed by atoms with Crippen LogP contribution in [0.5, 0.6) is 11.6 Å². The van der Waals surface area contributed by atoms with Crippen molar-refractivity contribution in [3.8, 4) is 11.6 Å². The van der Waals surface area contributed by atoms with E-state index >= 15 is 0 Å². The maximum Gasteiger partial charge on any atom is 0.248 e. The summed E-state index contributed by atoms with van der Waals surface area (Å²) in [5.74, 6) is 1.74. The highest BCUT2D eigenvalue weighted by atomic mass is 35.5. The first-order chi connectivity index (χ1) is 12.5. The molecule has 7 heteroatoms. The molecule has 0 fully saturated rings. The first kappa shape index (κ1) is 18.3. The van der Waals surface area contributed by atoms with E-state index in [9.17, 15) is 0 Å². The third kappa shape index (κ3) is 4.00. The Kier molecular flexibility index (Phi) is 5.49. The van der Waals surface area contributed by atoms with Crippen molar-refractivity contribution in [3.05, 3.63) is 64.4 Å². The average Bonchev–Trinajstić information content (AvgIpc) is 2.62. The highest BCUT2D eigenvalue weighted by Crippen LogP contribution is 2.35. The molecule has 0 aliphatic rings. The van der Waals surface area contributed by atoms with Gasteiger partial charge in [0.2, 0.25) is 5.88 Å². The van der Waals surface area contributed by atoms with Gasteiger partial charge in [0.25, 0.3) is 0 Å². The van der Waals surface area contributed by atoms with Gasteiger partial charge in [-0.25, -0.2) is 4.98 Å². The third-order valence-corrected chi connectivity index (χ3v) is 4.63. The summed E-state index contributed by atoms with van der Waals surface area (Å²) in [6.45, 7) is 4.27. The van der Waals surface area contributed by atoms with Crippen LogP contribution in [-0.4, -0.2) is 9.97 Å². The van der Waals surface area contributed by atoms with Crippen LogP contribution in [0.3, 0.4) is 0 Å². The summed E-state index contributed by atoms with van der Waals surface area (Å²) in [6, 6.07) is 13.1. The minimum atomic E-state index is 0.262. The summed E-state index contributed by atoms with van der Waals surface area (Å²) >= 11 is 12.2. The molecule has 134 valence electrons. The lowest BCUT2D eigenvalue weighted by Gasteiger charge is -2.13. The van der Waals surface area contributed by atoms with E-state index < -0.39 is 0 Å². The molecule has 3 N–H and O–H groups in total. The standard InChI is InChI=1S/C19H18Cl2N4O/c1-11(2)12-6-8-13(9-7-12)26-19-17(22)18(23-10-24-19)25-15-5-3-4-14(20)16(15)21/h3-11H,22H2,1-2H3,(H,23,24,25). The summed E-state index contributed by atoms with van der Waals surface area (Å²) in [6.07, 6.45) is 1.37. The Labute approximate surface area is 162 Å². The van der Waals surface area contributed by atoms with Gasteiger partial charge in [0.1, 0.15) is 17.8 Å². The molecule has 0 saturated carbocycles. The number of anilines is 3. The molecule has 1 heterocycles. The van der Waals surface area contributed by atoms with Gasteiger partial charge in [0.05, 0.1) is 15.7 Å². The van der Waals surface area contributed by atoms with Crippen LogP contribution >= 0.6 is 23.2 Å². The van der Waals surface area contributed by atoms with Gasteiger partial charge in [-0.2, -0.15) is 4.98 Å². The second-order valence-corrected chi connectivity index (χ2v) is 6.78. The van der Waals surface area contributed by atoms with Gasteiger partial charge in [-0.05, 0) is 35.7 Å². The van der Waals surface area contributed by atoms with Crippen LogP contribution in [0.15, 0.2) is 48.8 Å². The van der Waals surface area contributed by atoms with Gasteiger partial charge >= 0.3 is 0 Å². The zero-order valence-corrected chi connectivity index (χ0v) is 15.8. The fraction of sp³-hybridized carbons (Fsp3) is 0.158. The molecule has 0 aliphatic carbocycles. The van der Waals surface area contributed by atoms with Crippen molar-refractivity contribution in [3.63, 3.8) is 0 Å². The van der Waals surface area contributed by atoms with E-state index in [1.165, 1.54) is 11.9 Å². The van der Waals surface area contributed by atoms with Crippen LogP contribution in [-0.2, 0) is 0 Å². The van der Waals surface area contributed by atoms with E-state index in [0.29, 0.717) is 33.2 Å². The van der Waals surface area contributed by atoms with E-state index in [2.05, 4.69) is 29.1 Å². The highest BCUT2D eigenvalue weighted by Gasteiger charge is 2.13. The molecule has 0 unspecified atom stereocenters. The van der Waals surface area contributed by atoms with Crippen molar-refractivity contribution in [2.45, 2.75) is 19.8 Å². The number of hydrogen-bond donors (Lipinski definition) is 2. The molecule has 0 bridgehead atoms. The Morgan fingerprint density at radius 2 is 1.77 bits per heavy atom. The molecule has 0 radical (unpaired) electrons. The van der Waals surface area contributed by atoms with Gasteiger partial charge in [-0.15, -0.1) is 0 Å². The van der Waals surface area contributed by atoms with Crippen LogP contribution < -0.4 is 15.8 Å². The van der Waals surface area contributed by atoms with E-state index in [4.69, 9.17) is 33.7 Å². The number of nitrogens with one attached hydrogen (secondary N) is 1. The maximum atomic E-state index is 6.20. The second kappa shape index (κ2) is 7.81. The van der Waals surface area contributed by atoms with E-state index in [0.717, 1.165) is 0 Å².